The number of hydrogen-bond acceptors (Lipinski definition) is 5. The van der Waals surface area contributed by atoms with Gasteiger partial charge >= 0.3 is 5.97 Å². The molecule has 2 aromatic carbocycles. The predicted molar refractivity (Wildman–Crippen MR) is 105 cm³/mol. The highest BCUT2D eigenvalue weighted by atomic mass is 19.1. The number of esters is 1. The quantitative estimate of drug-likeness (QED) is 0.377. The molecule has 0 aliphatic rings. The second-order valence-electron chi connectivity index (χ2n) is 6.05. The van der Waals surface area contributed by atoms with Gasteiger partial charge in [-0.1, -0.05) is 12.1 Å². The average molecular weight is 414 g/mol. The van der Waals surface area contributed by atoms with Gasteiger partial charge in [-0.05, 0) is 24.3 Å². The first-order chi connectivity index (χ1) is 14.3. The van der Waals surface area contributed by atoms with E-state index in [4.69, 9.17) is 5.73 Å². The third-order valence-corrected chi connectivity index (χ3v) is 4.19. The fourth-order valence-corrected chi connectivity index (χ4v) is 2.71. The van der Waals surface area contributed by atoms with Crippen LogP contribution in [0.3, 0.4) is 0 Å². The molecule has 1 heterocycles. The van der Waals surface area contributed by atoms with E-state index in [-0.39, 0.29) is 28.2 Å². The number of anilines is 3. The summed E-state index contributed by atoms with van der Waals surface area (Å²) in [5.74, 6) is -4.51. The second-order valence-corrected chi connectivity index (χ2v) is 6.05. The third kappa shape index (κ3) is 3.97. The van der Waals surface area contributed by atoms with Crippen LogP contribution in [0.1, 0.15) is 31.1 Å². The molecule has 1 aromatic heterocycles. The number of para-hydroxylation sites is 1. The number of carbonyl (C=O) groups is 3. The zero-order chi connectivity index (χ0) is 21.8. The Balaban J connectivity index is 1.83. The summed E-state index contributed by atoms with van der Waals surface area (Å²) in [5.41, 5.74) is 5.30. The molecular formula is C20H16F2N4O4. The molecule has 5 N–H and O–H groups in total. The molecule has 0 saturated heterocycles. The lowest BCUT2D eigenvalue weighted by molar-refractivity contribution is 0.0601. The summed E-state index contributed by atoms with van der Waals surface area (Å²) in [4.78, 5) is 39.3. The molecule has 3 rings (SSSR count). The number of H-pyrrole nitrogens is 1. The molecule has 10 heteroatoms. The lowest BCUT2D eigenvalue weighted by Crippen LogP contribution is -2.19. The standard InChI is InChI=1S/C20H16F2N4O4/c1-30-20(29)10-4-2-7-14(17(10)23)25-18(27)11-8-24-9-15(11)26-19(28)16-12(21)5-3-6-13(16)22/h2-9,24H,23H2,1H3,(H,25,27)(H,26,28). The number of aromatic amines is 1. The summed E-state index contributed by atoms with van der Waals surface area (Å²) in [6.45, 7) is 0. The van der Waals surface area contributed by atoms with Crippen molar-refractivity contribution >= 4 is 34.8 Å². The second kappa shape index (κ2) is 8.43. The minimum Gasteiger partial charge on any atom is -0.465 e. The van der Waals surface area contributed by atoms with Crippen molar-refractivity contribution in [3.05, 3.63) is 77.1 Å². The Kier molecular flexibility index (Phi) is 5.77. The van der Waals surface area contributed by atoms with Crippen LogP contribution >= 0.6 is 0 Å². The zero-order valence-corrected chi connectivity index (χ0v) is 15.6. The van der Waals surface area contributed by atoms with Gasteiger partial charge in [0.25, 0.3) is 11.8 Å². The zero-order valence-electron chi connectivity index (χ0n) is 15.6. The predicted octanol–water partition coefficient (Wildman–Crippen LogP) is 3.17. The highest BCUT2D eigenvalue weighted by molar-refractivity contribution is 6.14. The number of halogens is 2. The van der Waals surface area contributed by atoms with Gasteiger partial charge in [0.05, 0.1) is 35.3 Å². The van der Waals surface area contributed by atoms with Crippen LogP contribution in [0.15, 0.2) is 48.8 Å². The number of hydrogen-bond donors (Lipinski definition) is 4. The van der Waals surface area contributed by atoms with Crippen molar-refractivity contribution in [3.63, 3.8) is 0 Å². The van der Waals surface area contributed by atoms with E-state index in [1.54, 1.807) is 0 Å². The molecule has 0 aliphatic carbocycles. The molecule has 0 unspecified atom stereocenters. The minimum absolute atomic E-state index is 0.00718. The Bertz CT molecular complexity index is 1120. The number of amides is 2. The summed E-state index contributed by atoms with van der Waals surface area (Å²) < 4.78 is 32.3. The number of methoxy groups -OCH3 is 1. The summed E-state index contributed by atoms with van der Waals surface area (Å²) in [6, 6.07) is 7.42. The Hall–Kier alpha value is -4.21. The molecular weight excluding hydrogens is 398 g/mol. The van der Waals surface area contributed by atoms with E-state index in [2.05, 4.69) is 20.4 Å². The number of nitrogen functional groups attached to an aromatic ring is 1. The Morgan fingerprint density at radius 1 is 0.900 bits per heavy atom. The lowest BCUT2D eigenvalue weighted by Gasteiger charge is -2.12. The van der Waals surface area contributed by atoms with Crippen LogP contribution in [-0.2, 0) is 4.74 Å². The van der Waals surface area contributed by atoms with Gasteiger partial charge in [0.15, 0.2) is 0 Å². The van der Waals surface area contributed by atoms with Crippen LogP contribution in [0, 0.1) is 11.6 Å². The monoisotopic (exact) mass is 414 g/mol. The maximum Gasteiger partial charge on any atom is 0.340 e. The van der Waals surface area contributed by atoms with Gasteiger partial charge in [-0.25, -0.2) is 13.6 Å². The van der Waals surface area contributed by atoms with Gasteiger partial charge in [0, 0.05) is 12.4 Å². The molecule has 30 heavy (non-hydrogen) atoms. The van der Waals surface area contributed by atoms with E-state index in [0.29, 0.717) is 0 Å². The van der Waals surface area contributed by atoms with E-state index >= 15 is 0 Å². The van der Waals surface area contributed by atoms with Crippen molar-refractivity contribution in [2.45, 2.75) is 0 Å². The fraction of sp³-hybridized carbons (Fsp3) is 0.0500. The van der Waals surface area contributed by atoms with Crippen LogP contribution in [0.25, 0.3) is 0 Å². The van der Waals surface area contributed by atoms with Gasteiger partial charge in [-0.2, -0.15) is 0 Å². The molecule has 0 bridgehead atoms. The van der Waals surface area contributed by atoms with Crippen LogP contribution in [0.2, 0.25) is 0 Å². The van der Waals surface area contributed by atoms with Crippen molar-refractivity contribution in [1.82, 2.24) is 4.98 Å². The van der Waals surface area contributed by atoms with Crippen molar-refractivity contribution in [2.75, 3.05) is 23.5 Å². The molecule has 154 valence electrons. The number of benzene rings is 2. The van der Waals surface area contributed by atoms with Gasteiger partial charge in [0.2, 0.25) is 0 Å². The maximum atomic E-state index is 13.8. The molecule has 8 nitrogen and oxygen atoms in total. The van der Waals surface area contributed by atoms with Gasteiger partial charge in [-0.3, -0.25) is 9.59 Å². The summed E-state index contributed by atoms with van der Waals surface area (Å²) in [7, 11) is 1.19. The average Bonchev–Trinajstić information content (AvgIpc) is 3.17. The molecule has 0 aliphatic heterocycles. The maximum absolute atomic E-state index is 13.8. The number of nitrogens with one attached hydrogen (secondary N) is 3. The smallest absolute Gasteiger partial charge is 0.340 e. The van der Waals surface area contributed by atoms with E-state index in [1.165, 1.54) is 37.7 Å². The van der Waals surface area contributed by atoms with E-state index in [0.717, 1.165) is 18.2 Å². The molecule has 0 atom stereocenters. The van der Waals surface area contributed by atoms with Crippen molar-refractivity contribution in [3.8, 4) is 0 Å². The summed E-state index contributed by atoms with van der Waals surface area (Å²) >= 11 is 0. The first-order valence-electron chi connectivity index (χ1n) is 8.53. The largest absolute Gasteiger partial charge is 0.465 e. The fourth-order valence-electron chi connectivity index (χ4n) is 2.71. The van der Waals surface area contributed by atoms with Gasteiger partial charge in [-0.15, -0.1) is 0 Å². The summed E-state index contributed by atoms with van der Waals surface area (Å²) in [5, 5.41) is 4.81. The van der Waals surface area contributed by atoms with Crippen LogP contribution in [0.4, 0.5) is 25.8 Å². The van der Waals surface area contributed by atoms with Crippen molar-refractivity contribution in [1.29, 1.82) is 0 Å². The van der Waals surface area contributed by atoms with Crippen molar-refractivity contribution < 1.29 is 27.9 Å². The van der Waals surface area contributed by atoms with Gasteiger partial charge < -0.3 is 26.1 Å². The summed E-state index contributed by atoms with van der Waals surface area (Å²) in [6.07, 6.45) is 2.56. The van der Waals surface area contributed by atoms with Gasteiger partial charge in [0.1, 0.15) is 17.2 Å². The minimum atomic E-state index is -1.06. The number of ether oxygens (including phenoxy) is 1. The molecule has 2 amide bonds. The Morgan fingerprint density at radius 3 is 2.20 bits per heavy atom. The SMILES string of the molecule is COC(=O)c1cccc(NC(=O)c2c[nH]cc2NC(=O)c2c(F)cccc2F)c1N. The number of rotatable bonds is 5. The molecule has 0 spiro atoms. The van der Waals surface area contributed by atoms with Crippen LogP contribution in [0.5, 0.6) is 0 Å². The van der Waals surface area contributed by atoms with Crippen LogP contribution < -0.4 is 16.4 Å². The number of aromatic nitrogens is 1. The molecule has 0 radical (unpaired) electrons. The van der Waals surface area contributed by atoms with Crippen LogP contribution in [-0.4, -0.2) is 29.9 Å². The highest BCUT2D eigenvalue weighted by Gasteiger charge is 2.21. The lowest BCUT2D eigenvalue weighted by atomic mass is 10.1. The first kappa shape index (κ1) is 20.5. The Morgan fingerprint density at radius 2 is 1.53 bits per heavy atom. The first-order valence-corrected chi connectivity index (χ1v) is 8.53. The number of nitrogens with two attached hydrogens (primary N) is 1. The third-order valence-electron chi connectivity index (χ3n) is 4.19. The molecule has 0 fully saturated rings. The molecule has 3 aromatic rings. The van der Waals surface area contributed by atoms with E-state index in [1.807, 2.05) is 0 Å². The van der Waals surface area contributed by atoms with Crippen molar-refractivity contribution in [2.24, 2.45) is 0 Å². The van der Waals surface area contributed by atoms with E-state index in [9.17, 15) is 23.2 Å². The van der Waals surface area contributed by atoms with E-state index < -0.39 is 35.0 Å². The number of carbonyl (C=O) groups excluding carboxylic acids is 3. The topological polar surface area (TPSA) is 126 Å². The normalized spacial score (nSPS) is 10.4. The molecule has 0 saturated carbocycles. The Labute approximate surface area is 169 Å². The highest BCUT2D eigenvalue weighted by Crippen LogP contribution is 2.25.